The molecule has 0 aromatic heterocycles. The van der Waals surface area contributed by atoms with Crippen LogP contribution in [0.25, 0.3) is 0 Å². The minimum absolute atomic E-state index is 0.0465. The Morgan fingerprint density at radius 2 is 0.885 bits per heavy atom. The summed E-state index contributed by atoms with van der Waals surface area (Å²) in [6, 6.07) is 21.6. The molecular weight excluding hydrogens is 764 g/mol. The van der Waals surface area contributed by atoms with E-state index < -0.39 is 0 Å². The molecule has 3 aromatic rings. The van der Waals surface area contributed by atoms with Crippen LogP contribution in [0.3, 0.4) is 0 Å². The predicted molar refractivity (Wildman–Crippen MR) is 227 cm³/mol. The smallest absolute Gasteiger partial charge is 0.171 e. The number of nitrogens with zero attached hydrogens (tertiary/aromatic N) is 2. The largest absolute Gasteiger partial charge is 0.184 e. The summed E-state index contributed by atoms with van der Waals surface area (Å²) in [7, 11) is 4.52. The van der Waals surface area contributed by atoms with E-state index in [2.05, 4.69) is 105 Å². The normalized spacial score (nSPS) is 18.2. The number of carbonyl (C=O) groups excluding carboxylic acids is 1. The maximum atomic E-state index is 7.75. The number of benzene rings is 3. The van der Waals surface area contributed by atoms with Gasteiger partial charge in [-0.25, -0.2) is 0 Å². The van der Waals surface area contributed by atoms with Crippen molar-refractivity contribution in [2.24, 2.45) is 0 Å². The molecule has 0 N–H and O–H groups in total. The van der Waals surface area contributed by atoms with Crippen molar-refractivity contribution in [2.45, 2.75) is 155 Å². The summed E-state index contributed by atoms with van der Waals surface area (Å²) in [6.45, 7) is 20.8. The topological polar surface area (TPSA) is 23.6 Å². The van der Waals surface area contributed by atoms with Crippen molar-refractivity contribution in [1.29, 1.82) is 0 Å². The minimum Gasteiger partial charge on any atom is -0.184 e. The summed E-state index contributed by atoms with van der Waals surface area (Å²) in [5.74, 6) is 0. The molecule has 1 saturated heterocycles. The van der Waals surface area contributed by atoms with Crippen LogP contribution < -0.4 is 9.80 Å². The van der Waals surface area contributed by atoms with Crippen LogP contribution in [-0.4, -0.2) is 36.9 Å². The van der Waals surface area contributed by atoms with Crippen molar-refractivity contribution < 1.29 is 22.1 Å². The van der Waals surface area contributed by atoms with E-state index in [4.69, 9.17) is 4.79 Å². The van der Waals surface area contributed by atoms with Gasteiger partial charge in [-0.1, -0.05) is 54.7 Å². The van der Waals surface area contributed by atoms with E-state index in [1.807, 2.05) is 47.6 Å². The maximum absolute atomic E-state index is 7.75. The van der Waals surface area contributed by atoms with Gasteiger partial charge in [-0.05, 0) is 141 Å². The predicted octanol–water partition coefficient (Wildman–Crippen LogP) is 13.1. The number of hydrogen-bond donors (Lipinski definition) is 0. The van der Waals surface area contributed by atoms with Gasteiger partial charge in [0.15, 0.2) is 0 Å². The monoisotopic (exact) mass is 831 g/mol. The van der Waals surface area contributed by atoms with E-state index in [1.54, 1.807) is 96.3 Å². The standard InChI is InChI=1S/C21H27N2.C18H33P.C6H5.CHO.ClH.Ru/c1-14-9-16(3)20(17(4)10-14)22-7-8-23(13-22)21-18(5)11-15(2)12-19(21)6;1-4-10-16(11-5-1)19(17-12-6-2-7-13-17)18-14-8-3-9-15-18;1-2-4-6-5-3-1;1-2;;/h9-13H,7-8H2,1-6H3;16-18H,1-15H2;1-5H;1H;1H;/q-1;;2*-1;;+4. The molecule has 0 atom stereocenters. The second-order valence-electron chi connectivity index (χ2n) is 15.6. The molecule has 52 heavy (non-hydrogen) atoms. The molecule has 1 aliphatic heterocycles. The average molecular weight is 832 g/mol. The first-order valence-electron chi connectivity index (χ1n) is 20.0. The Labute approximate surface area is 334 Å². The molecule has 0 spiro atoms. The summed E-state index contributed by atoms with van der Waals surface area (Å²) in [6.07, 6.45) is 23.8. The van der Waals surface area contributed by atoms with Gasteiger partial charge in [-0.15, -0.1) is 0 Å². The maximum Gasteiger partial charge on any atom is -0.171 e. The van der Waals surface area contributed by atoms with E-state index in [0.29, 0.717) is 0 Å². The molecule has 4 aliphatic rings. The quantitative estimate of drug-likeness (QED) is 0.111. The summed E-state index contributed by atoms with van der Waals surface area (Å²) in [5.41, 5.74) is 14.5. The fraction of sp³-hybridized carbons (Fsp3) is 0.565. The van der Waals surface area contributed by atoms with Gasteiger partial charge in [0.05, 0.1) is 17.0 Å². The van der Waals surface area contributed by atoms with E-state index in [9.17, 15) is 0 Å². The Kier molecular flexibility index (Phi) is 21.2. The summed E-state index contributed by atoms with van der Waals surface area (Å²) >= 11 is 1.82. The molecule has 0 radical (unpaired) electrons. The van der Waals surface area contributed by atoms with Crippen molar-refractivity contribution in [2.75, 3.05) is 22.9 Å². The third kappa shape index (κ3) is 13.5. The van der Waals surface area contributed by atoms with Crippen LogP contribution in [0.5, 0.6) is 0 Å². The molecule has 0 bridgehead atoms. The van der Waals surface area contributed by atoms with Gasteiger partial charge in [0, 0.05) is 32.4 Å². The fourth-order valence-corrected chi connectivity index (χ4v) is 15.0. The van der Waals surface area contributed by atoms with Gasteiger partial charge in [-0.2, -0.15) is 43.1 Å². The van der Waals surface area contributed by atoms with E-state index in [0.717, 1.165) is 13.1 Å². The fourth-order valence-electron chi connectivity index (χ4n) is 9.74. The SMILES string of the molecule is C1CCC([PH+](C2CCCCC2)C2CCCCC2)CC1.Cc1cc(C)c(N2[CH-]N(c3c(C)cc(C)cc3C)CC2)c(C)c1.[CH-]=O.[Cl][Ru+3].[c-]1ccccc1. The number of aryl methyl sites for hydroxylation is 6. The van der Waals surface area contributed by atoms with Crippen LogP contribution in [0.15, 0.2) is 54.6 Å². The molecule has 6 heteroatoms. The average Bonchev–Trinajstić information content (AvgIpc) is 3.64. The second kappa shape index (κ2) is 24.6. The molecule has 7 rings (SSSR count). The molecule has 1 heterocycles. The van der Waals surface area contributed by atoms with Gasteiger partial charge in [0.1, 0.15) is 0 Å². The van der Waals surface area contributed by atoms with Gasteiger partial charge in [0.25, 0.3) is 0 Å². The molecule has 3 saturated carbocycles. The van der Waals surface area contributed by atoms with Crippen LogP contribution in [0.2, 0.25) is 0 Å². The van der Waals surface area contributed by atoms with Crippen LogP contribution in [0, 0.1) is 54.3 Å². The summed E-state index contributed by atoms with van der Waals surface area (Å²) < 4.78 is 0. The first-order chi connectivity index (χ1) is 25.3. The van der Waals surface area contributed by atoms with Crippen molar-refractivity contribution in [3.8, 4) is 0 Å². The first-order valence-corrected chi connectivity index (χ1v) is 24.0. The molecule has 0 amide bonds. The second-order valence-corrected chi connectivity index (χ2v) is 19.0. The van der Waals surface area contributed by atoms with Crippen LogP contribution in [-0.2, 0) is 22.1 Å². The zero-order chi connectivity index (χ0) is 37.9. The third-order valence-corrected chi connectivity index (χ3v) is 16.1. The Morgan fingerprint density at radius 3 is 1.13 bits per heavy atom. The molecule has 3 aromatic carbocycles. The molecule has 286 valence electrons. The van der Waals surface area contributed by atoms with E-state index in [1.165, 1.54) is 61.7 Å². The van der Waals surface area contributed by atoms with Crippen molar-refractivity contribution in [3.05, 3.63) is 101 Å². The van der Waals surface area contributed by atoms with Crippen LogP contribution in [0.4, 0.5) is 11.4 Å². The van der Waals surface area contributed by atoms with Gasteiger partial charge in [-0.3, -0.25) is 6.79 Å². The zero-order valence-electron chi connectivity index (χ0n) is 33.1. The van der Waals surface area contributed by atoms with E-state index in [-0.39, 0.29) is 7.92 Å². The van der Waals surface area contributed by atoms with Crippen LogP contribution in [0.1, 0.15) is 130 Å². The Bertz CT molecular complexity index is 1240. The van der Waals surface area contributed by atoms with Gasteiger partial charge < -0.3 is 14.6 Å². The number of rotatable bonds is 5. The third-order valence-electron chi connectivity index (χ3n) is 11.5. The molecule has 4 fully saturated rings. The number of hydrogen-bond acceptors (Lipinski definition) is 3. The Hall–Kier alpha value is -1.73. The number of halogens is 1. The number of anilines is 2. The van der Waals surface area contributed by atoms with Crippen LogP contribution >= 0.6 is 17.6 Å². The van der Waals surface area contributed by atoms with Gasteiger partial charge >= 0.3 is 27.0 Å². The first kappa shape index (κ1) is 44.7. The van der Waals surface area contributed by atoms with Crippen molar-refractivity contribution in [1.82, 2.24) is 0 Å². The Balaban J connectivity index is 0.000000225. The minimum atomic E-state index is -0.0465. The Morgan fingerprint density at radius 1 is 0.577 bits per heavy atom. The molecular formula is C46H67ClN2OPRu+. The summed E-state index contributed by atoms with van der Waals surface area (Å²) in [4.78, 5) is 12.6. The molecule has 3 aliphatic carbocycles. The summed E-state index contributed by atoms with van der Waals surface area (Å²) in [5, 5.41) is 0. The van der Waals surface area contributed by atoms with E-state index >= 15 is 0 Å². The van der Waals surface area contributed by atoms with Crippen molar-refractivity contribution in [3.63, 3.8) is 0 Å². The zero-order valence-corrected chi connectivity index (χ0v) is 36.6. The molecule has 3 nitrogen and oxygen atoms in total. The van der Waals surface area contributed by atoms with Crippen molar-refractivity contribution >= 4 is 35.8 Å². The molecule has 0 unspecified atom stereocenters. The van der Waals surface area contributed by atoms with Gasteiger partial charge in [0.2, 0.25) is 0 Å².